The molecule has 1 aliphatic heterocycles. The van der Waals surface area contributed by atoms with Gasteiger partial charge in [0.1, 0.15) is 0 Å². The molecule has 106 valence electrons. The molecule has 0 aliphatic carbocycles. The quantitative estimate of drug-likeness (QED) is 0.921. The van der Waals surface area contributed by atoms with E-state index in [1.165, 1.54) is 0 Å². The fourth-order valence-corrected chi connectivity index (χ4v) is 3.97. The predicted octanol–water partition coefficient (Wildman–Crippen LogP) is 2.27. The van der Waals surface area contributed by atoms with Crippen molar-refractivity contribution in [2.24, 2.45) is 5.73 Å². The van der Waals surface area contributed by atoms with Gasteiger partial charge in [0.05, 0.1) is 4.90 Å². The maximum Gasteiger partial charge on any atom is 0.243 e. The Labute approximate surface area is 115 Å². The summed E-state index contributed by atoms with van der Waals surface area (Å²) in [4.78, 5) is 0.371. The van der Waals surface area contributed by atoms with Crippen LogP contribution in [0.5, 0.6) is 0 Å². The highest BCUT2D eigenvalue weighted by Gasteiger charge is 2.26. The molecule has 1 heterocycles. The molecule has 5 heteroatoms. The Bertz CT molecular complexity index is 522. The molecule has 0 radical (unpaired) electrons. The van der Waals surface area contributed by atoms with Crippen molar-refractivity contribution >= 4 is 10.0 Å². The summed E-state index contributed by atoms with van der Waals surface area (Å²) in [5.41, 5.74) is 6.87. The van der Waals surface area contributed by atoms with Gasteiger partial charge in [-0.05, 0) is 37.0 Å². The van der Waals surface area contributed by atoms with Gasteiger partial charge >= 0.3 is 0 Å². The number of piperidine rings is 1. The molecule has 1 aliphatic rings. The third-order valence-corrected chi connectivity index (χ3v) is 5.57. The zero-order valence-corrected chi connectivity index (χ0v) is 12.2. The summed E-state index contributed by atoms with van der Waals surface area (Å²) in [6.45, 7) is 3.26. The molecular weight excluding hydrogens is 260 g/mol. The van der Waals surface area contributed by atoms with Crippen LogP contribution >= 0.6 is 0 Å². The lowest BCUT2D eigenvalue weighted by molar-refractivity contribution is 0.346. The summed E-state index contributed by atoms with van der Waals surface area (Å²) in [6, 6.07) is 6.95. The van der Waals surface area contributed by atoms with Crippen LogP contribution in [0.3, 0.4) is 0 Å². The summed E-state index contributed by atoms with van der Waals surface area (Å²) < 4.78 is 26.7. The van der Waals surface area contributed by atoms with Crippen LogP contribution in [0.4, 0.5) is 0 Å². The summed E-state index contributed by atoms with van der Waals surface area (Å²) in [7, 11) is -3.35. The van der Waals surface area contributed by atoms with Gasteiger partial charge in [-0.3, -0.25) is 0 Å². The molecule has 19 heavy (non-hydrogen) atoms. The number of hydrogen-bond acceptors (Lipinski definition) is 3. The molecule has 1 saturated heterocycles. The fourth-order valence-electron chi connectivity index (χ4n) is 2.40. The average molecular weight is 282 g/mol. The van der Waals surface area contributed by atoms with E-state index in [0.29, 0.717) is 18.0 Å². The molecule has 1 atom stereocenters. The number of hydrogen-bond donors (Lipinski definition) is 1. The molecule has 4 nitrogen and oxygen atoms in total. The Morgan fingerprint density at radius 2 is 1.95 bits per heavy atom. The Morgan fingerprint density at radius 3 is 2.58 bits per heavy atom. The maximum absolute atomic E-state index is 12.5. The van der Waals surface area contributed by atoms with Gasteiger partial charge in [0.15, 0.2) is 0 Å². The van der Waals surface area contributed by atoms with E-state index >= 15 is 0 Å². The minimum atomic E-state index is -3.35. The van der Waals surface area contributed by atoms with Crippen molar-refractivity contribution in [3.8, 4) is 0 Å². The smallest absolute Gasteiger partial charge is 0.243 e. The first kappa shape index (κ1) is 14.5. The van der Waals surface area contributed by atoms with Crippen molar-refractivity contribution in [2.75, 3.05) is 13.1 Å². The highest BCUT2D eigenvalue weighted by atomic mass is 32.2. The number of rotatable bonds is 4. The SMILES string of the molecule is CCC(N)c1cccc(S(=O)(=O)N2CCCCC2)c1. The molecule has 1 unspecified atom stereocenters. The second kappa shape index (κ2) is 6.03. The lowest BCUT2D eigenvalue weighted by atomic mass is 10.1. The monoisotopic (exact) mass is 282 g/mol. The van der Waals surface area contributed by atoms with Gasteiger partial charge in [0.25, 0.3) is 0 Å². The fraction of sp³-hybridized carbons (Fsp3) is 0.571. The zero-order chi connectivity index (χ0) is 13.9. The number of benzene rings is 1. The van der Waals surface area contributed by atoms with Crippen LogP contribution in [0.1, 0.15) is 44.2 Å². The minimum Gasteiger partial charge on any atom is -0.324 e. The summed E-state index contributed by atoms with van der Waals surface area (Å²) in [6.07, 6.45) is 3.82. The molecular formula is C14H22N2O2S. The summed E-state index contributed by atoms with van der Waals surface area (Å²) in [5.74, 6) is 0. The van der Waals surface area contributed by atoms with Crippen LogP contribution in [0.2, 0.25) is 0 Å². The van der Waals surface area contributed by atoms with Crippen LogP contribution in [-0.2, 0) is 10.0 Å². The molecule has 0 saturated carbocycles. The first-order chi connectivity index (χ1) is 9.05. The van der Waals surface area contributed by atoms with Gasteiger partial charge in [0, 0.05) is 19.1 Å². The van der Waals surface area contributed by atoms with Gasteiger partial charge in [-0.2, -0.15) is 4.31 Å². The van der Waals surface area contributed by atoms with E-state index < -0.39 is 10.0 Å². The van der Waals surface area contributed by atoms with Gasteiger partial charge in [0.2, 0.25) is 10.0 Å². The van der Waals surface area contributed by atoms with Crippen LogP contribution < -0.4 is 5.73 Å². The Kier molecular flexibility index (Phi) is 4.60. The molecule has 1 fully saturated rings. The first-order valence-electron chi connectivity index (χ1n) is 6.91. The minimum absolute atomic E-state index is 0.100. The average Bonchev–Trinajstić information content (AvgIpc) is 2.47. The molecule has 2 N–H and O–H groups in total. The van der Waals surface area contributed by atoms with Crippen LogP contribution in [0, 0.1) is 0 Å². The highest BCUT2D eigenvalue weighted by molar-refractivity contribution is 7.89. The lowest BCUT2D eigenvalue weighted by Crippen LogP contribution is -2.35. The first-order valence-corrected chi connectivity index (χ1v) is 8.35. The number of sulfonamides is 1. The van der Waals surface area contributed by atoms with Crippen molar-refractivity contribution in [1.82, 2.24) is 4.31 Å². The molecule has 0 amide bonds. The van der Waals surface area contributed by atoms with E-state index in [9.17, 15) is 8.42 Å². The van der Waals surface area contributed by atoms with Crippen molar-refractivity contribution < 1.29 is 8.42 Å². The molecule has 1 aromatic rings. The second-order valence-corrected chi connectivity index (χ2v) is 6.99. The van der Waals surface area contributed by atoms with Gasteiger partial charge in [-0.1, -0.05) is 25.5 Å². The molecule has 2 rings (SSSR count). The standard InChI is InChI=1S/C14H22N2O2S/c1-2-14(15)12-7-6-8-13(11-12)19(17,18)16-9-4-3-5-10-16/h6-8,11,14H,2-5,9-10,15H2,1H3. The van der Waals surface area contributed by atoms with Gasteiger partial charge in [-0.15, -0.1) is 0 Å². The topological polar surface area (TPSA) is 63.4 Å². The van der Waals surface area contributed by atoms with E-state index in [0.717, 1.165) is 31.2 Å². The third kappa shape index (κ3) is 3.16. The van der Waals surface area contributed by atoms with Crippen LogP contribution in [0.15, 0.2) is 29.2 Å². The van der Waals surface area contributed by atoms with Crippen molar-refractivity contribution in [1.29, 1.82) is 0 Å². The van der Waals surface area contributed by atoms with E-state index in [1.54, 1.807) is 22.5 Å². The number of nitrogens with two attached hydrogens (primary N) is 1. The Hall–Kier alpha value is -0.910. The van der Waals surface area contributed by atoms with Crippen molar-refractivity contribution in [2.45, 2.75) is 43.5 Å². The van der Waals surface area contributed by atoms with Crippen LogP contribution in [-0.4, -0.2) is 25.8 Å². The Balaban J connectivity index is 2.29. The van der Waals surface area contributed by atoms with E-state index in [-0.39, 0.29) is 6.04 Å². The van der Waals surface area contributed by atoms with E-state index in [2.05, 4.69) is 0 Å². The molecule has 0 bridgehead atoms. The van der Waals surface area contributed by atoms with Crippen LogP contribution in [0.25, 0.3) is 0 Å². The van der Waals surface area contributed by atoms with Gasteiger partial charge < -0.3 is 5.73 Å². The molecule has 0 spiro atoms. The molecule has 1 aromatic carbocycles. The second-order valence-electron chi connectivity index (χ2n) is 5.05. The number of nitrogens with zero attached hydrogens (tertiary/aromatic N) is 1. The predicted molar refractivity (Wildman–Crippen MR) is 76.3 cm³/mol. The van der Waals surface area contributed by atoms with E-state index in [1.807, 2.05) is 13.0 Å². The maximum atomic E-state index is 12.5. The van der Waals surface area contributed by atoms with E-state index in [4.69, 9.17) is 5.73 Å². The van der Waals surface area contributed by atoms with Gasteiger partial charge in [-0.25, -0.2) is 8.42 Å². The highest BCUT2D eigenvalue weighted by Crippen LogP contribution is 2.23. The normalized spacial score (nSPS) is 19.3. The lowest BCUT2D eigenvalue weighted by Gasteiger charge is -2.26. The molecule has 0 aromatic heterocycles. The summed E-state index contributed by atoms with van der Waals surface area (Å²) in [5, 5.41) is 0. The Morgan fingerprint density at radius 1 is 1.26 bits per heavy atom. The zero-order valence-electron chi connectivity index (χ0n) is 11.4. The summed E-state index contributed by atoms with van der Waals surface area (Å²) >= 11 is 0. The van der Waals surface area contributed by atoms with Crippen molar-refractivity contribution in [3.05, 3.63) is 29.8 Å². The van der Waals surface area contributed by atoms with Crippen molar-refractivity contribution in [3.63, 3.8) is 0 Å². The largest absolute Gasteiger partial charge is 0.324 e. The third-order valence-electron chi connectivity index (χ3n) is 3.68.